The van der Waals surface area contributed by atoms with E-state index in [1.807, 2.05) is 0 Å². The molecule has 0 spiro atoms. The van der Waals surface area contributed by atoms with Gasteiger partial charge in [0.05, 0.1) is 21.2 Å². The maximum Gasteiger partial charge on any atom is 0.294 e. The predicted molar refractivity (Wildman–Crippen MR) is 141 cm³/mol. The van der Waals surface area contributed by atoms with Gasteiger partial charge in [0.15, 0.2) is 17.2 Å². The van der Waals surface area contributed by atoms with E-state index in [2.05, 4.69) is 20.5 Å². The van der Waals surface area contributed by atoms with Crippen molar-refractivity contribution in [2.75, 3.05) is 0 Å². The fourth-order valence-electron chi connectivity index (χ4n) is 3.44. The van der Waals surface area contributed by atoms with Crippen LogP contribution in [0, 0.1) is 0 Å². The quantitative estimate of drug-likeness (QED) is 0.130. The molecular formula is C25H20N4O9S2. The van der Waals surface area contributed by atoms with Gasteiger partial charge >= 0.3 is 0 Å². The van der Waals surface area contributed by atoms with E-state index in [-0.39, 0.29) is 32.4 Å². The van der Waals surface area contributed by atoms with Crippen LogP contribution in [0.25, 0.3) is 0 Å². The van der Waals surface area contributed by atoms with Crippen molar-refractivity contribution in [3.63, 3.8) is 0 Å². The van der Waals surface area contributed by atoms with E-state index in [0.29, 0.717) is 5.56 Å². The summed E-state index contributed by atoms with van der Waals surface area (Å²) >= 11 is 0. The highest BCUT2D eigenvalue weighted by molar-refractivity contribution is 7.86. The highest BCUT2D eigenvalue weighted by Crippen LogP contribution is 2.49. The molecule has 4 aromatic carbocycles. The highest BCUT2D eigenvalue weighted by atomic mass is 32.2. The molecule has 0 aliphatic carbocycles. The van der Waals surface area contributed by atoms with Gasteiger partial charge in [-0.25, -0.2) is 0 Å². The molecule has 0 saturated heterocycles. The summed E-state index contributed by atoms with van der Waals surface area (Å²) in [4.78, 5) is -0.739. The van der Waals surface area contributed by atoms with Crippen molar-refractivity contribution in [3.8, 4) is 11.5 Å². The van der Waals surface area contributed by atoms with Crippen LogP contribution in [0.4, 0.5) is 22.7 Å². The van der Waals surface area contributed by atoms with Crippen LogP contribution >= 0.6 is 0 Å². The lowest BCUT2D eigenvalue weighted by atomic mass is 9.99. The van der Waals surface area contributed by atoms with Crippen molar-refractivity contribution in [1.29, 1.82) is 0 Å². The number of hydrogen-bond donors (Lipinski definition) is 5. The number of aliphatic hydroxyl groups is 1. The Labute approximate surface area is 228 Å². The van der Waals surface area contributed by atoms with Crippen LogP contribution in [0.15, 0.2) is 115 Å². The molecule has 40 heavy (non-hydrogen) atoms. The summed E-state index contributed by atoms with van der Waals surface area (Å²) in [6.45, 7) is 0. The second-order valence-corrected chi connectivity index (χ2v) is 11.0. The average molecular weight is 585 g/mol. The van der Waals surface area contributed by atoms with Crippen LogP contribution in [0.2, 0.25) is 0 Å². The standard InChI is InChI=1S/C25H20N4O9S2/c30-23(15-4-2-1-3-5-15)20-14-21(28-26-16-6-10-18(11-7-16)39(33,34)35)25(32)22(24(20)31)29-27-17-8-12-19(13-9-17)40(36,37)38/h1-14,23,30-32H,(H,33,34,35)(H,36,37,38). The van der Waals surface area contributed by atoms with Gasteiger partial charge in [0.2, 0.25) is 0 Å². The molecule has 4 rings (SSSR count). The molecule has 0 radical (unpaired) electrons. The Morgan fingerprint density at radius 3 is 1.55 bits per heavy atom. The Hall–Kier alpha value is -4.54. The minimum absolute atomic E-state index is 0.0994. The topological polar surface area (TPSA) is 219 Å². The molecule has 0 bridgehead atoms. The SMILES string of the molecule is O=S(=O)(O)c1ccc(N=Nc2cc(C(O)c3ccccc3)c(O)c(N=Nc3ccc(S(=O)(=O)O)cc3)c2O)cc1. The first kappa shape index (κ1) is 28.5. The third kappa shape index (κ3) is 6.53. The van der Waals surface area contributed by atoms with Gasteiger partial charge in [-0.3, -0.25) is 9.11 Å². The monoisotopic (exact) mass is 584 g/mol. The molecule has 206 valence electrons. The molecule has 0 heterocycles. The third-order valence-corrected chi connectivity index (χ3v) is 7.21. The number of benzene rings is 4. The molecule has 0 aliphatic rings. The van der Waals surface area contributed by atoms with E-state index in [0.717, 1.165) is 24.3 Å². The van der Waals surface area contributed by atoms with Gasteiger partial charge in [0.1, 0.15) is 11.8 Å². The predicted octanol–water partition coefficient (Wildman–Crippen LogP) is 5.50. The molecule has 1 unspecified atom stereocenters. The number of nitrogens with zero attached hydrogens (tertiary/aromatic N) is 4. The molecule has 0 saturated carbocycles. The van der Waals surface area contributed by atoms with Crippen molar-refractivity contribution in [2.45, 2.75) is 15.9 Å². The number of phenols is 2. The summed E-state index contributed by atoms with van der Waals surface area (Å²) in [7, 11) is -8.85. The normalized spacial score (nSPS) is 13.2. The van der Waals surface area contributed by atoms with Gasteiger partial charge in [0.25, 0.3) is 20.2 Å². The van der Waals surface area contributed by atoms with E-state index in [9.17, 15) is 32.2 Å². The van der Waals surface area contributed by atoms with Crippen LogP contribution in [-0.2, 0) is 20.2 Å². The summed E-state index contributed by atoms with van der Waals surface area (Å²) in [5, 5.41) is 48.3. The van der Waals surface area contributed by atoms with Crippen molar-refractivity contribution in [3.05, 3.63) is 96.1 Å². The number of aliphatic hydroxyl groups excluding tert-OH is 1. The van der Waals surface area contributed by atoms with Crippen LogP contribution in [0.5, 0.6) is 11.5 Å². The Morgan fingerprint density at radius 1 is 0.600 bits per heavy atom. The van der Waals surface area contributed by atoms with Crippen molar-refractivity contribution < 1.29 is 41.3 Å². The minimum atomic E-state index is -4.43. The lowest BCUT2D eigenvalue weighted by Crippen LogP contribution is -2.00. The molecular weight excluding hydrogens is 564 g/mol. The van der Waals surface area contributed by atoms with E-state index in [1.165, 1.54) is 30.3 Å². The zero-order valence-electron chi connectivity index (χ0n) is 20.1. The van der Waals surface area contributed by atoms with E-state index >= 15 is 0 Å². The van der Waals surface area contributed by atoms with Crippen LogP contribution in [-0.4, -0.2) is 41.3 Å². The maximum absolute atomic E-state index is 11.2. The van der Waals surface area contributed by atoms with Gasteiger partial charge in [-0.05, 0) is 60.2 Å². The first-order chi connectivity index (χ1) is 18.8. The number of aromatic hydroxyl groups is 2. The fraction of sp³-hybridized carbons (Fsp3) is 0.0400. The lowest BCUT2D eigenvalue weighted by molar-refractivity contribution is 0.215. The Bertz CT molecular complexity index is 1810. The second-order valence-electron chi connectivity index (χ2n) is 8.18. The molecule has 5 N–H and O–H groups in total. The van der Waals surface area contributed by atoms with Crippen LogP contribution in [0.3, 0.4) is 0 Å². The van der Waals surface area contributed by atoms with E-state index in [4.69, 9.17) is 9.11 Å². The molecule has 4 aromatic rings. The van der Waals surface area contributed by atoms with E-state index in [1.54, 1.807) is 30.3 Å². The summed E-state index contributed by atoms with van der Waals surface area (Å²) < 4.78 is 63.2. The first-order valence-corrected chi connectivity index (χ1v) is 14.0. The largest absolute Gasteiger partial charge is 0.505 e. The van der Waals surface area contributed by atoms with Gasteiger partial charge in [-0.2, -0.15) is 27.1 Å². The molecule has 0 aromatic heterocycles. The maximum atomic E-state index is 11.2. The Balaban J connectivity index is 1.78. The molecule has 0 amide bonds. The summed E-state index contributed by atoms with van der Waals surface area (Å²) in [5.41, 5.74) is -0.181. The lowest BCUT2D eigenvalue weighted by Gasteiger charge is -2.16. The highest BCUT2D eigenvalue weighted by Gasteiger charge is 2.23. The van der Waals surface area contributed by atoms with Crippen LogP contribution in [0.1, 0.15) is 17.2 Å². The molecule has 0 fully saturated rings. The summed E-state index contributed by atoms with van der Waals surface area (Å²) in [6.07, 6.45) is -1.38. The zero-order valence-corrected chi connectivity index (χ0v) is 21.8. The molecule has 15 heteroatoms. The molecule has 13 nitrogen and oxygen atoms in total. The summed E-state index contributed by atoms with van der Waals surface area (Å²) in [6, 6.07) is 18.7. The Morgan fingerprint density at radius 2 is 1.07 bits per heavy atom. The van der Waals surface area contributed by atoms with Crippen LogP contribution < -0.4 is 0 Å². The number of azo groups is 2. The zero-order chi connectivity index (χ0) is 29.1. The van der Waals surface area contributed by atoms with Crippen molar-refractivity contribution >= 4 is 43.0 Å². The molecule has 1 atom stereocenters. The van der Waals surface area contributed by atoms with Crippen molar-refractivity contribution in [1.82, 2.24) is 0 Å². The average Bonchev–Trinajstić information content (AvgIpc) is 2.92. The summed E-state index contributed by atoms with van der Waals surface area (Å²) in [5.74, 6) is -1.29. The Kier molecular flexibility index (Phi) is 8.03. The minimum Gasteiger partial charge on any atom is -0.505 e. The van der Waals surface area contributed by atoms with Gasteiger partial charge in [-0.1, -0.05) is 30.3 Å². The number of rotatable bonds is 8. The third-order valence-electron chi connectivity index (χ3n) is 5.47. The van der Waals surface area contributed by atoms with Gasteiger partial charge < -0.3 is 15.3 Å². The smallest absolute Gasteiger partial charge is 0.294 e. The van der Waals surface area contributed by atoms with Gasteiger partial charge in [-0.15, -0.1) is 10.2 Å². The van der Waals surface area contributed by atoms with Crippen molar-refractivity contribution in [2.24, 2.45) is 20.5 Å². The number of phenolic OH excluding ortho intramolecular Hbond substituents is 2. The fourth-order valence-corrected chi connectivity index (χ4v) is 4.40. The van der Waals surface area contributed by atoms with E-state index < -0.39 is 43.5 Å². The second kappa shape index (κ2) is 11.3. The number of hydrogen-bond acceptors (Lipinski definition) is 11. The first-order valence-electron chi connectivity index (χ1n) is 11.1. The molecule has 0 aliphatic heterocycles. The van der Waals surface area contributed by atoms with Gasteiger partial charge in [0, 0.05) is 5.56 Å².